The minimum Gasteiger partial charge on any atom is -0.380 e. The van der Waals surface area contributed by atoms with Crippen LogP contribution < -0.4 is 10.1 Å². The van der Waals surface area contributed by atoms with Gasteiger partial charge in [0.15, 0.2) is 4.80 Å². The molecule has 0 atom stereocenters. The van der Waals surface area contributed by atoms with Crippen LogP contribution >= 0.6 is 23.1 Å². The number of fused-ring (bicyclic) bond motifs is 1. The second kappa shape index (κ2) is 9.87. The lowest BCUT2D eigenvalue weighted by Gasteiger charge is -2.07. The molecule has 0 saturated heterocycles. The minimum atomic E-state index is -0.270. The Hall–Kier alpha value is -2.42. The van der Waals surface area contributed by atoms with Crippen molar-refractivity contribution in [1.29, 1.82) is 0 Å². The van der Waals surface area contributed by atoms with E-state index in [1.54, 1.807) is 6.07 Å². The summed E-state index contributed by atoms with van der Waals surface area (Å²) in [6.45, 7) is 5.16. The van der Waals surface area contributed by atoms with Crippen molar-refractivity contribution >= 4 is 50.8 Å². The van der Waals surface area contributed by atoms with E-state index in [0.29, 0.717) is 35.8 Å². The summed E-state index contributed by atoms with van der Waals surface area (Å²) in [6.07, 6.45) is 1.94. The van der Waals surface area contributed by atoms with Crippen molar-refractivity contribution in [3.63, 3.8) is 0 Å². The zero-order valence-electron chi connectivity index (χ0n) is 16.6. The van der Waals surface area contributed by atoms with Gasteiger partial charge in [-0.05, 0) is 43.5 Å². The van der Waals surface area contributed by atoms with Gasteiger partial charge in [0.1, 0.15) is 0 Å². The molecule has 3 aromatic rings. The number of benzene rings is 2. The number of rotatable bonds is 7. The van der Waals surface area contributed by atoms with Gasteiger partial charge in [0.05, 0.1) is 22.4 Å². The van der Waals surface area contributed by atoms with E-state index in [0.717, 1.165) is 15.1 Å². The molecule has 0 fully saturated rings. The van der Waals surface area contributed by atoms with E-state index in [9.17, 15) is 9.59 Å². The molecule has 3 rings (SSSR count). The molecule has 0 saturated carbocycles. The molecular weight excluding hydrogens is 406 g/mol. The second-order valence-electron chi connectivity index (χ2n) is 6.21. The van der Waals surface area contributed by atoms with Gasteiger partial charge in [-0.2, -0.15) is 4.99 Å². The van der Waals surface area contributed by atoms with Crippen molar-refractivity contribution in [2.24, 2.45) is 4.99 Å². The average Bonchev–Trinajstić information content (AvgIpc) is 3.04. The van der Waals surface area contributed by atoms with Crippen LogP contribution in [0.5, 0.6) is 0 Å². The van der Waals surface area contributed by atoms with Crippen LogP contribution in [-0.2, 0) is 16.1 Å². The average molecular weight is 430 g/mol. The number of thiazole rings is 1. The lowest BCUT2D eigenvalue weighted by atomic mass is 10.2. The van der Waals surface area contributed by atoms with E-state index in [4.69, 9.17) is 4.74 Å². The van der Waals surface area contributed by atoms with Crippen LogP contribution in [0.25, 0.3) is 10.2 Å². The van der Waals surface area contributed by atoms with Crippen LogP contribution in [0.2, 0.25) is 0 Å². The Morgan fingerprint density at radius 2 is 2.03 bits per heavy atom. The summed E-state index contributed by atoms with van der Waals surface area (Å²) in [7, 11) is 0. The predicted octanol–water partition coefficient (Wildman–Crippen LogP) is 4.16. The van der Waals surface area contributed by atoms with E-state index in [2.05, 4.69) is 10.3 Å². The molecule has 1 aromatic heterocycles. The quantitative estimate of drug-likeness (QED) is 0.452. The highest BCUT2D eigenvalue weighted by Gasteiger charge is 2.12. The summed E-state index contributed by atoms with van der Waals surface area (Å²) >= 11 is 2.95. The standard InChI is InChI=1S/C21H23N3O3S2/c1-4-27-12-11-24-17-10-9-15(22-14(2)25)13-19(17)29-21(24)23-20(26)16-7-5-6-8-18(16)28-3/h5-10,13H,4,11-12H2,1-3H3,(H,22,25). The molecule has 0 aliphatic rings. The summed E-state index contributed by atoms with van der Waals surface area (Å²) in [5, 5.41) is 2.79. The number of anilines is 1. The Morgan fingerprint density at radius 1 is 1.24 bits per heavy atom. The fourth-order valence-corrected chi connectivity index (χ4v) is 4.61. The molecule has 2 aromatic carbocycles. The fraction of sp³-hybridized carbons (Fsp3) is 0.286. The van der Waals surface area contributed by atoms with Gasteiger partial charge in [0.2, 0.25) is 5.91 Å². The number of nitrogens with one attached hydrogen (secondary N) is 1. The van der Waals surface area contributed by atoms with Crippen LogP contribution in [-0.4, -0.2) is 35.9 Å². The smallest absolute Gasteiger partial charge is 0.280 e. The third-order valence-corrected chi connectivity index (χ3v) is 6.04. The third kappa shape index (κ3) is 5.14. The highest BCUT2D eigenvalue weighted by Crippen LogP contribution is 2.23. The van der Waals surface area contributed by atoms with E-state index in [1.165, 1.54) is 30.0 Å². The van der Waals surface area contributed by atoms with Crippen molar-refractivity contribution in [2.45, 2.75) is 25.3 Å². The van der Waals surface area contributed by atoms with Crippen molar-refractivity contribution in [3.8, 4) is 0 Å². The van der Waals surface area contributed by atoms with E-state index < -0.39 is 0 Å². The zero-order valence-corrected chi connectivity index (χ0v) is 18.2. The van der Waals surface area contributed by atoms with Gasteiger partial charge in [-0.15, -0.1) is 11.8 Å². The number of nitrogens with zero attached hydrogens (tertiary/aromatic N) is 2. The maximum atomic E-state index is 12.9. The summed E-state index contributed by atoms with van der Waals surface area (Å²) < 4.78 is 8.45. The maximum absolute atomic E-state index is 12.9. The van der Waals surface area contributed by atoms with E-state index >= 15 is 0 Å². The fourth-order valence-electron chi connectivity index (χ4n) is 2.92. The van der Waals surface area contributed by atoms with E-state index in [1.807, 2.05) is 54.1 Å². The molecule has 152 valence electrons. The molecule has 0 aliphatic heterocycles. The summed E-state index contributed by atoms with van der Waals surface area (Å²) in [6, 6.07) is 13.2. The highest BCUT2D eigenvalue weighted by atomic mass is 32.2. The van der Waals surface area contributed by atoms with Gasteiger partial charge < -0.3 is 14.6 Å². The van der Waals surface area contributed by atoms with Crippen molar-refractivity contribution < 1.29 is 14.3 Å². The molecule has 0 radical (unpaired) electrons. The summed E-state index contributed by atoms with van der Waals surface area (Å²) in [4.78, 5) is 30.2. The first-order valence-corrected chi connectivity index (χ1v) is 11.3. The molecule has 0 bridgehead atoms. The first-order valence-electron chi connectivity index (χ1n) is 9.24. The molecule has 8 heteroatoms. The number of amides is 2. The third-order valence-electron chi connectivity index (χ3n) is 4.20. The topological polar surface area (TPSA) is 72.7 Å². The Morgan fingerprint density at radius 3 is 2.76 bits per heavy atom. The van der Waals surface area contributed by atoms with Gasteiger partial charge in [-0.1, -0.05) is 23.5 Å². The maximum Gasteiger partial charge on any atom is 0.280 e. The largest absolute Gasteiger partial charge is 0.380 e. The van der Waals surface area contributed by atoms with Crippen molar-refractivity contribution in [3.05, 3.63) is 52.8 Å². The molecule has 0 unspecified atom stereocenters. The summed E-state index contributed by atoms with van der Waals surface area (Å²) in [5.41, 5.74) is 2.26. The molecular formula is C21H23N3O3S2. The molecule has 1 heterocycles. The number of carbonyl (C=O) groups excluding carboxylic acids is 2. The van der Waals surface area contributed by atoms with E-state index in [-0.39, 0.29) is 11.8 Å². The zero-order chi connectivity index (χ0) is 20.8. The molecule has 29 heavy (non-hydrogen) atoms. The molecule has 0 spiro atoms. The second-order valence-corrected chi connectivity index (χ2v) is 8.07. The van der Waals surface area contributed by atoms with Crippen LogP contribution in [0.4, 0.5) is 5.69 Å². The van der Waals surface area contributed by atoms with Crippen molar-refractivity contribution in [2.75, 3.05) is 24.8 Å². The van der Waals surface area contributed by atoms with Crippen LogP contribution in [0.1, 0.15) is 24.2 Å². The number of hydrogen-bond donors (Lipinski definition) is 1. The first kappa shape index (κ1) is 21.3. The molecule has 1 N–H and O–H groups in total. The SMILES string of the molecule is CCOCCn1c(=NC(=O)c2ccccc2SC)sc2cc(NC(C)=O)ccc21. The number of aromatic nitrogens is 1. The minimum absolute atomic E-state index is 0.126. The number of carbonyl (C=O) groups is 2. The van der Waals surface area contributed by atoms with Gasteiger partial charge >= 0.3 is 0 Å². The van der Waals surface area contributed by atoms with Crippen LogP contribution in [0.15, 0.2) is 52.4 Å². The Kier molecular flexibility index (Phi) is 7.24. The number of hydrogen-bond acceptors (Lipinski definition) is 5. The first-order chi connectivity index (χ1) is 14.0. The van der Waals surface area contributed by atoms with Gasteiger partial charge in [0.25, 0.3) is 5.91 Å². The van der Waals surface area contributed by atoms with Crippen LogP contribution in [0.3, 0.4) is 0 Å². The number of ether oxygens (including phenoxy) is 1. The van der Waals surface area contributed by atoms with Gasteiger partial charge in [-0.25, -0.2) is 0 Å². The number of thioether (sulfide) groups is 1. The molecule has 6 nitrogen and oxygen atoms in total. The lowest BCUT2D eigenvalue weighted by molar-refractivity contribution is -0.114. The Labute approximate surface area is 177 Å². The normalized spacial score (nSPS) is 11.8. The highest BCUT2D eigenvalue weighted by molar-refractivity contribution is 7.98. The molecule has 2 amide bonds. The van der Waals surface area contributed by atoms with Crippen LogP contribution in [0, 0.1) is 0 Å². The Balaban J connectivity index is 2.08. The van der Waals surface area contributed by atoms with Gasteiger partial charge in [-0.3, -0.25) is 9.59 Å². The lowest BCUT2D eigenvalue weighted by Crippen LogP contribution is -2.20. The molecule has 0 aliphatic carbocycles. The Bertz CT molecular complexity index is 1100. The van der Waals surface area contributed by atoms with Gasteiger partial charge in [0, 0.05) is 30.7 Å². The monoisotopic (exact) mass is 429 g/mol. The van der Waals surface area contributed by atoms with Crippen molar-refractivity contribution in [1.82, 2.24) is 4.57 Å². The predicted molar refractivity (Wildman–Crippen MR) is 119 cm³/mol. The summed E-state index contributed by atoms with van der Waals surface area (Å²) in [5.74, 6) is -0.396.